The Morgan fingerprint density at radius 2 is 1.65 bits per heavy atom. The maximum absolute atomic E-state index is 12.1. The van der Waals surface area contributed by atoms with Crippen LogP contribution in [0.4, 0.5) is 0 Å². The molecular weight excluding hydrogens is 346 g/mol. The zero-order valence-electron chi connectivity index (χ0n) is 14.6. The van der Waals surface area contributed by atoms with Crippen LogP contribution in [0.5, 0.6) is 0 Å². The highest BCUT2D eigenvalue weighted by Crippen LogP contribution is 2.00. The van der Waals surface area contributed by atoms with Crippen molar-refractivity contribution in [2.24, 2.45) is 27.9 Å². The Morgan fingerprint density at radius 3 is 2.15 bits per heavy atom. The molecule has 0 radical (unpaired) electrons. The summed E-state index contributed by atoms with van der Waals surface area (Å²) in [5, 5.41) is 13.8. The third-order valence-electron chi connectivity index (χ3n) is 3.35. The van der Waals surface area contributed by atoms with E-state index in [1.54, 1.807) is 0 Å². The number of guanidine groups is 1. The van der Waals surface area contributed by atoms with Crippen molar-refractivity contribution in [3.05, 3.63) is 0 Å². The van der Waals surface area contributed by atoms with Crippen molar-refractivity contribution in [1.29, 1.82) is 0 Å². The van der Waals surface area contributed by atoms with E-state index in [4.69, 9.17) is 28.0 Å². The van der Waals surface area contributed by atoms with Crippen molar-refractivity contribution < 1.29 is 24.3 Å². The lowest BCUT2D eigenvalue weighted by atomic mass is 10.1. The van der Waals surface area contributed by atoms with Gasteiger partial charge in [-0.15, -0.1) is 0 Å². The Hall–Kier alpha value is -2.89. The van der Waals surface area contributed by atoms with Crippen LogP contribution in [-0.4, -0.2) is 59.4 Å². The number of hydrogen-bond donors (Lipinski definition) is 7. The number of rotatable bonds is 12. The molecule has 12 heteroatoms. The van der Waals surface area contributed by atoms with Gasteiger partial charge in [0.25, 0.3) is 0 Å². The van der Waals surface area contributed by atoms with Gasteiger partial charge in [-0.1, -0.05) is 0 Å². The number of nitrogens with one attached hydrogen (secondary N) is 2. The summed E-state index contributed by atoms with van der Waals surface area (Å²) in [6.45, 7) is 1.61. The lowest BCUT2D eigenvalue weighted by molar-refractivity contribution is -0.142. The van der Waals surface area contributed by atoms with E-state index in [1.807, 2.05) is 0 Å². The van der Waals surface area contributed by atoms with Crippen LogP contribution in [-0.2, 0) is 19.2 Å². The predicted molar refractivity (Wildman–Crippen MR) is 93.5 cm³/mol. The number of carbonyl (C=O) groups excluding carboxylic acids is 3. The smallest absolute Gasteiger partial charge is 0.326 e. The standard InChI is InChI=1S/C14H27N7O5/c1-7(20-12(24)8(15)4-5-10(16)22)11(23)21-9(13(25)26)3-2-6-19-14(17)18/h7-9H,2-6,15H2,1H3,(H2,16,22)(H,20,24)(H,21,23)(H,25,26)(H4,17,18,19). The van der Waals surface area contributed by atoms with Crippen LogP contribution in [0, 0.1) is 0 Å². The lowest BCUT2D eigenvalue weighted by Crippen LogP contribution is -2.53. The van der Waals surface area contributed by atoms with Crippen molar-refractivity contribution >= 4 is 29.7 Å². The summed E-state index contributed by atoms with van der Waals surface area (Å²) in [6.07, 6.45) is 0.425. The van der Waals surface area contributed by atoms with Crippen molar-refractivity contribution in [3.63, 3.8) is 0 Å². The van der Waals surface area contributed by atoms with E-state index < -0.39 is 41.8 Å². The second kappa shape index (κ2) is 11.6. The van der Waals surface area contributed by atoms with E-state index in [0.717, 1.165) is 0 Å². The first-order chi connectivity index (χ1) is 12.0. The maximum Gasteiger partial charge on any atom is 0.326 e. The molecule has 3 atom stereocenters. The van der Waals surface area contributed by atoms with Crippen molar-refractivity contribution in [2.45, 2.75) is 50.7 Å². The molecule has 26 heavy (non-hydrogen) atoms. The first kappa shape index (κ1) is 23.1. The van der Waals surface area contributed by atoms with Crippen molar-refractivity contribution in [1.82, 2.24) is 10.6 Å². The summed E-state index contributed by atoms with van der Waals surface area (Å²) in [5.41, 5.74) is 20.9. The lowest BCUT2D eigenvalue weighted by Gasteiger charge is -2.20. The summed E-state index contributed by atoms with van der Waals surface area (Å²) in [6, 6.07) is -3.17. The molecule has 3 unspecified atom stereocenters. The molecule has 0 aliphatic heterocycles. The summed E-state index contributed by atoms with van der Waals surface area (Å²) in [5.74, 6) is -3.25. The first-order valence-corrected chi connectivity index (χ1v) is 7.97. The Balaban J connectivity index is 4.49. The van der Waals surface area contributed by atoms with Crippen molar-refractivity contribution in [3.8, 4) is 0 Å². The van der Waals surface area contributed by atoms with E-state index in [2.05, 4.69) is 15.6 Å². The van der Waals surface area contributed by atoms with Crippen LogP contribution >= 0.6 is 0 Å². The van der Waals surface area contributed by atoms with E-state index in [0.29, 0.717) is 6.42 Å². The Kier molecular flexibility index (Phi) is 10.3. The minimum Gasteiger partial charge on any atom is -0.480 e. The van der Waals surface area contributed by atoms with E-state index in [-0.39, 0.29) is 31.8 Å². The van der Waals surface area contributed by atoms with Gasteiger partial charge in [0, 0.05) is 13.0 Å². The Morgan fingerprint density at radius 1 is 1.04 bits per heavy atom. The molecule has 0 aliphatic rings. The number of amides is 3. The molecule has 0 aromatic heterocycles. The monoisotopic (exact) mass is 373 g/mol. The summed E-state index contributed by atoms with van der Waals surface area (Å²) >= 11 is 0. The number of carbonyl (C=O) groups is 4. The minimum atomic E-state index is -1.22. The largest absolute Gasteiger partial charge is 0.480 e. The number of aliphatic carboxylic acids is 1. The Labute approximate surface area is 150 Å². The molecule has 0 aromatic carbocycles. The zero-order chi connectivity index (χ0) is 20.3. The second-order valence-electron chi connectivity index (χ2n) is 5.69. The highest BCUT2D eigenvalue weighted by Gasteiger charge is 2.25. The number of primary amides is 1. The quantitative estimate of drug-likeness (QED) is 0.104. The number of nitrogens with two attached hydrogens (primary N) is 4. The zero-order valence-corrected chi connectivity index (χ0v) is 14.6. The maximum atomic E-state index is 12.1. The van der Waals surface area contributed by atoms with Gasteiger partial charge in [-0.3, -0.25) is 19.4 Å². The van der Waals surface area contributed by atoms with Crippen LogP contribution in [0.1, 0.15) is 32.6 Å². The molecule has 0 aliphatic carbocycles. The third kappa shape index (κ3) is 10.1. The van der Waals surface area contributed by atoms with Crippen LogP contribution in [0.3, 0.4) is 0 Å². The van der Waals surface area contributed by atoms with Crippen LogP contribution in [0.25, 0.3) is 0 Å². The molecule has 0 bridgehead atoms. The Bertz CT molecular complexity index is 548. The average molecular weight is 373 g/mol. The number of aliphatic imine (C=N–C) groups is 1. The molecule has 0 heterocycles. The van der Waals surface area contributed by atoms with E-state index in [1.165, 1.54) is 6.92 Å². The van der Waals surface area contributed by atoms with E-state index in [9.17, 15) is 19.2 Å². The van der Waals surface area contributed by atoms with Gasteiger partial charge in [-0.05, 0) is 26.2 Å². The van der Waals surface area contributed by atoms with Gasteiger partial charge in [0.2, 0.25) is 17.7 Å². The topological polar surface area (TPSA) is 229 Å². The highest BCUT2D eigenvalue weighted by molar-refractivity contribution is 5.91. The fourth-order valence-electron chi connectivity index (χ4n) is 1.87. The molecule has 0 saturated heterocycles. The molecule has 0 fully saturated rings. The molecule has 11 N–H and O–H groups in total. The van der Waals surface area contributed by atoms with Crippen LogP contribution in [0.2, 0.25) is 0 Å². The molecular formula is C14H27N7O5. The van der Waals surface area contributed by atoms with Crippen LogP contribution in [0.15, 0.2) is 4.99 Å². The van der Waals surface area contributed by atoms with Gasteiger partial charge in [0.05, 0.1) is 6.04 Å². The average Bonchev–Trinajstić information content (AvgIpc) is 2.54. The minimum absolute atomic E-state index is 0.0397. The van der Waals surface area contributed by atoms with Gasteiger partial charge in [0.1, 0.15) is 12.1 Å². The third-order valence-corrected chi connectivity index (χ3v) is 3.35. The molecule has 0 rings (SSSR count). The van der Waals surface area contributed by atoms with Crippen LogP contribution < -0.4 is 33.6 Å². The van der Waals surface area contributed by atoms with Gasteiger partial charge in [-0.25, -0.2) is 4.79 Å². The summed E-state index contributed by atoms with van der Waals surface area (Å²) < 4.78 is 0. The second-order valence-corrected chi connectivity index (χ2v) is 5.69. The summed E-state index contributed by atoms with van der Waals surface area (Å²) in [7, 11) is 0. The fourth-order valence-corrected chi connectivity index (χ4v) is 1.87. The summed E-state index contributed by atoms with van der Waals surface area (Å²) in [4.78, 5) is 49.5. The normalized spacial score (nSPS) is 13.8. The molecule has 0 spiro atoms. The predicted octanol–water partition coefficient (Wildman–Crippen LogP) is -3.29. The van der Waals surface area contributed by atoms with Gasteiger partial charge < -0.3 is 38.7 Å². The molecule has 12 nitrogen and oxygen atoms in total. The number of nitrogens with zero attached hydrogens (tertiary/aromatic N) is 1. The fraction of sp³-hybridized carbons (Fsp3) is 0.643. The van der Waals surface area contributed by atoms with Gasteiger partial charge in [0.15, 0.2) is 5.96 Å². The van der Waals surface area contributed by atoms with Crippen molar-refractivity contribution in [2.75, 3.05) is 6.54 Å². The SMILES string of the molecule is CC(NC(=O)C(N)CCC(N)=O)C(=O)NC(CCCN=C(N)N)C(=O)O. The molecule has 0 aromatic rings. The van der Waals surface area contributed by atoms with E-state index >= 15 is 0 Å². The highest BCUT2D eigenvalue weighted by atomic mass is 16.4. The first-order valence-electron chi connectivity index (χ1n) is 7.97. The molecule has 148 valence electrons. The number of carboxylic acids is 1. The van der Waals surface area contributed by atoms with Gasteiger partial charge >= 0.3 is 5.97 Å². The number of carboxylic acid groups (broad SMARTS) is 1. The number of hydrogen-bond acceptors (Lipinski definition) is 6. The van der Waals surface area contributed by atoms with Gasteiger partial charge in [-0.2, -0.15) is 0 Å². The molecule has 0 saturated carbocycles. The molecule has 3 amide bonds.